The van der Waals surface area contributed by atoms with E-state index < -0.39 is 6.04 Å². The van der Waals surface area contributed by atoms with Gasteiger partial charge in [-0.3, -0.25) is 4.79 Å². The van der Waals surface area contributed by atoms with E-state index in [0.717, 1.165) is 5.56 Å². The normalized spacial score (nSPS) is 11.7. The van der Waals surface area contributed by atoms with Crippen molar-refractivity contribution in [3.8, 4) is 0 Å². The van der Waals surface area contributed by atoms with Crippen molar-refractivity contribution in [3.05, 3.63) is 65.2 Å². The summed E-state index contributed by atoms with van der Waals surface area (Å²) in [6.07, 6.45) is 0. The molecule has 0 bridgehead atoms. The predicted octanol–water partition coefficient (Wildman–Crippen LogP) is 2.65. The third kappa shape index (κ3) is 3.83. The summed E-state index contributed by atoms with van der Waals surface area (Å²) in [7, 11) is 0. The lowest BCUT2D eigenvalue weighted by Gasteiger charge is -2.17. The van der Waals surface area contributed by atoms with Crippen LogP contribution in [0.15, 0.2) is 54.6 Å². The standard InChI is InChI=1S/C15H13ClN6O/c16-11-6-8-12(9-7-11)17-14(23)13(10-4-2-1-3-5-10)18-15-19-21-22-20-15/h1-9,13H,(H,17,23)(H2,18,19,20,21,22). The molecule has 1 aromatic heterocycles. The highest BCUT2D eigenvalue weighted by Gasteiger charge is 2.22. The Morgan fingerprint density at radius 1 is 1.09 bits per heavy atom. The largest absolute Gasteiger partial charge is 0.336 e. The second-order valence-electron chi connectivity index (χ2n) is 4.72. The quantitative estimate of drug-likeness (QED) is 0.669. The van der Waals surface area contributed by atoms with Gasteiger partial charge < -0.3 is 10.6 Å². The van der Waals surface area contributed by atoms with Crippen LogP contribution < -0.4 is 10.6 Å². The summed E-state index contributed by atoms with van der Waals surface area (Å²) in [5, 5.41) is 19.9. The highest BCUT2D eigenvalue weighted by Crippen LogP contribution is 2.20. The number of H-pyrrole nitrogens is 1. The van der Waals surface area contributed by atoms with E-state index in [1.807, 2.05) is 30.3 Å². The highest BCUT2D eigenvalue weighted by molar-refractivity contribution is 6.30. The fraction of sp³-hybridized carbons (Fsp3) is 0.0667. The second kappa shape index (κ2) is 6.89. The number of benzene rings is 2. The van der Waals surface area contributed by atoms with Gasteiger partial charge in [0.15, 0.2) is 0 Å². The van der Waals surface area contributed by atoms with E-state index in [2.05, 4.69) is 31.3 Å². The number of carbonyl (C=O) groups excluding carboxylic acids is 1. The lowest BCUT2D eigenvalue weighted by molar-refractivity contribution is -0.117. The molecule has 116 valence electrons. The number of hydrogen-bond acceptors (Lipinski definition) is 5. The molecular formula is C15H13ClN6O. The summed E-state index contributed by atoms with van der Waals surface area (Å²) in [6.45, 7) is 0. The minimum Gasteiger partial charge on any atom is -0.336 e. The van der Waals surface area contributed by atoms with Gasteiger partial charge >= 0.3 is 0 Å². The van der Waals surface area contributed by atoms with Crippen molar-refractivity contribution < 1.29 is 4.79 Å². The SMILES string of the molecule is O=C(Nc1ccc(Cl)cc1)C(Nc1nn[nH]n1)c1ccccc1. The maximum Gasteiger partial charge on any atom is 0.264 e. The molecule has 1 heterocycles. The maximum absolute atomic E-state index is 12.6. The van der Waals surface area contributed by atoms with Gasteiger partial charge in [-0.25, -0.2) is 0 Å². The molecule has 0 saturated heterocycles. The molecule has 0 aliphatic heterocycles. The lowest BCUT2D eigenvalue weighted by Crippen LogP contribution is -2.27. The molecule has 0 aliphatic carbocycles. The van der Waals surface area contributed by atoms with Gasteiger partial charge in [0.25, 0.3) is 11.9 Å². The maximum atomic E-state index is 12.6. The molecule has 0 radical (unpaired) electrons. The van der Waals surface area contributed by atoms with Gasteiger partial charge in [0.05, 0.1) is 0 Å². The van der Waals surface area contributed by atoms with Crippen molar-refractivity contribution in [2.45, 2.75) is 6.04 Å². The first kappa shape index (κ1) is 15.0. The van der Waals surface area contributed by atoms with Crippen LogP contribution in [0, 0.1) is 0 Å². The van der Waals surface area contributed by atoms with Crippen LogP contribution in [0.4, 0.5) is 11.6 Å². The third-order valence-corrected chi connectivity index (χ3v) is 3.38. The number of aromatic amines is 1. The van der Waals surface area contributed by atoms with Crippen molar-refractivity contribution in [2.75, 3.05) is 10.6 Å². The first-order chi connectivity index (χ1) is 11.2. The van der Waals surface area contributed by atoms with E-state index in [-0.39, 0.29) is 11.9 Å². The highest BCUT2D eigenvalue weighted by atomic mass is 35.5. The Bertz CT molecular complexity index is 760. The average molecular weight is 329 g/mol. The van der Waals surface area contributed by atoms with Crippen molar-refractivity contribution in [1.82, 2.24) is 20.6 Å². The van der Waals surface area contributed by atoms with Crippen LogP contribution in [0.1, 0.15) is 11.6 Å². The monoisotopic (exact) mass is 328 g/mol. The number of tetrazole rings is 1. The van der Waals surface area contributed by atoms with Gasteiger partial charge in [-0.1, -0.05) is 47.0 Å². The van der Waals surface area contributed by atoms with Crippen molar-refractivity contribution in [2.24, 2.45) is 0 Å². The van der Waals surface area contributed by atoms with Crippen LogP contribution >= 0.6 is 11.6 Å². The zero-order chi connectivity index (χ0) is 16.1. The van der Waals surface area contributed by atoms with Gasteiger partial charge in [-0.05, 0) is 35.0 Å². The van der Waals surface area contributed by atoms with Crippen molar-refractivity contribution in [3.63, 3.8) is 0 Å². The number of nitrogens with one attached hydrogen (secondary N) is 3. The molecule has 0 fully saturated rings. The number of halogens is 1. The topological polar surface area (TPSA) is 95.6 Å². The zero-order valence-corrected chi connectivity index (χ0v) is 12.7. The van der Waals surface area contributed by atoms with Crippen LogP contribution in [-0.4, -0.2) is 26.5 Å². The molecule has 3 rings (SSSR count). The molecule has 2 aromatic carbocycles. The van der Waals surface area contributed by atoms with E-state index in [1.165, 1.54) is 0 Å². The number of carbonyl (C=O) groups is 1. The van der Waals surface area contributed by atoms with Crippen LogP contribution in [0.5, 0.6) is 0 Å². The molecular weight excluding hydrogens is 316 g/mol. The molecule has 1 unspecified atom stereocenters. The summed E-state index contributed by atoms with van der Waals surface area (Å²) in [5.41, 5.74) is 1.43. The summed E-state index contributed by atoms with van der Waals surface area (Å²) in [6, 6.07) is 15.5. The van der Waals surface area contributed by atoms with Crippen molar-refractivity contribution >= 4 is 29.1 Å². The molecule has 8 heteroatoms. The summed E-state index contributed by atoms with van der Waals surface area (Å²) >= 11 is 5.85. The third-order valence-electron chi connectivity index (χ3n) is 3.13. The second-order valence-corrected chi connectivity index (χ2v) is 5.16. The Morgan fingerprint density at radius 3 is 2.48 bits per heavy atom. The molecule has 1 atom stereocenters. The van der Waals surface area contributed by atoms with E-state index in [4.69, 9.17) is 11.6 Å². The first-order valence-corrected chi connectivity index (χ1v) is 7.21. The van der Waals surface area contributed by atoms with Gasteiger partial charge in [-0.15, -0.1) is 5.10 Å². The summed E-state index contributed by atoms with van der Waals surface area (Å²) < 4.78 is 0. The van der Waals surface area contributed by atoms with E-state index >= 15 is 0 Å². The van der Waals surface area contributed by atoms with Crippen LogP contribution in [-0.2, 0) is 4.79 Å². The Morgan fingerprint density at radius 2 is 1.83 bits per heavy atom. The van der Waals surface area contributed by atoms with Crippen molar-refractivity contribution in [1.29, 1.82) is 0 Å². The van der Waals surface area contributed by atoms with Crippen LogP contribution in [0.2, 0.25) is 5.02 Å². The van der Waals surface area contributed by atoms with Crippen LogP contribution in [0.3, 0.4) is 0 Å². The average Bonchev–Trinajstić information content (AvgIpc) is 3.09. The molecule has 7 nitrogen and oxygen atoms in total. The number of nitrogens with zero attached hydrogens (tertiary/aromatic N) is 3. The number of amides is 1. The Hall–Kier alpha value is -2.93. The molecule has 1 amide bonds. The predicted molar refractivity (Wildman–Crippen MR) is 87.1 cm³/mol. The Balaban J connectivity index is 1.82. The number of rotatable bonds is 5. The van der Waals surface area contributed by atoms with E-state index in [0.29, 0.717) is 10.7 Å². The van der Waals surface area contributed by atoms with Gasteiger partial charge in [0.1, 0.15) is 6.04 Å². The minimum atomic E-state index is -0.663. The number of anilines is 2. The van der Waals surface area contributed by atoms with E-state index in [1.54, 1.807) is 24.3 Å². The molecule has 3 aromatic rings. The summed E-state index contributed by atoms with van der Waals surface area (Å²) in [5.74, 6) is -0.00608. The fourth-order valence-electron chi connectivity index (χ4n) is 2.05. The first-order valence-electron chi connectivity index (χ1n) is 6.84. The number of aromatic nitrogens is 4. The molecule has 23 heavy (non-hydrogen) atoms. The molecule has 3 N–H and O–H groups in total. The van der Waals surface area contributed by atoms with E-state index in [9.17, 15) is 4.79 Å². The van der Waals surface area contributed by atoms with Gasteiger partial charge in [0, 0.05) is 10.7 Å². The lowest BCUT2D eigenvalue weighted by atomic mass is 10.1. The molecule has 0 saturated carbocycles. The Labute approximate surface area is 137 Å². The van der Waals surface area contributed by atoms with Crippen LogP contribution in [0.25, 0.3) is 0 Å². The molecule has 0 spiro atoms. The minimum absolute atomic E-state index is 0.241. The zero-order valence-electron chi connectivity index (χ0n) is 11.9. The fourth-order valence-corrected chi connectivity index (χ4v) is 2.17. The number of hydrogen-bond donors (Lipinski definition) is 3. The molecule has 0 aliphatic rings. The van der Waals surface area contributed by atoms with Gasteiger partial charge in [-0.2, -0.15) is 5.21 Å². The Kier molecular flexibility index (Phi) is 4.49. The summed E-state index contributed by atoms with van der Waals surface area (Å²) in [4.78, 5) is 12.6. The van der Waals surface area contributed by atoms with Gasteiger partial charge in [0.2, 0.25) is 0 Å². The smallest absolute Gasteiger partial charge is 0.264 e.